The second-order valence-electron chi connectivity index (χ2n) is 5.79. The van der Waals surface area contributed by atoms with Crippen molar-refractivity contribution in [1.82, 2.24) is 0 Å². The fourth-order valence-electron chi connectivity index (χ4n) is 2.97. The Morgan fingerprint density at radius 1 is 1.39 bits per heavy atom. The van der Waals surface area contributed by atoms with Crippen LogP contribution in [0.1, 0.15) is 46.0 Å². The first-order chi connectivity index (χ1) is 8.61. The normalized spacial score (nSPS) is 27.1. The van der Waals surface area contributed by atoms with Crippen molar-refractivity contribution in [2.24, 2.45) is 11.3 Å². The Morgan fingerprint density at radius 3 is 2.72 bits per heavy atom. The summed E-state index contributed by atoms with van der Waals surface area (Å²) in [5.74, 6) is 1.34. The molecule has 2 rings (SSSR count). The lowest BCUT2D eigenvalue weighted by atomic mass is 9.84. The van der Waals surface area contributed by atoms with Crippen LogP contribution in [0.2, 0.25) is 0 Å². The molecule has 2 atom stereocenters. The van der Waals surface area contributed by atoms with E-state index in [-0.39, 0.29) is 11.4 Å². The predicted molar refractivity (Wildman–Crippen MR) is 72.4 cm³/mol. The molecule has 0 aliphatic heterocycles. The summed E-state index contributed by atoms with van der Waals surface area (Å²) in [6.07, 6.45) is 5.33. The van der Waals surface area contributed by atoms with Crippen molar-refractivity contribution in [3.63, 3.8) is 0 Å². The Balaban J connectivity index is 1.88. The van der Waals surface area contributed by atoms with Gasteiger partial charge >= 0.3 is 5.97 Å². The molecule has 1 saturated carbocycles. The molecule has 18 heavy (non-hydrogen) atoms. The molecule has 2 nitrogen and oxygen atoms in total. The summed E-state index contributed by atoms with van der Waals surface area (Å²) < 4.78 is 5.37. The third-order valence-corrected chi connectivity index (χ3v) is 4.06. The van der Waals surface area contributed by atoms with Crippen molar-refractivity contribution in [2.75, 3.05) is 0 Å². The van der Waals surface area contributed by atoms with E-state index >= 15 is 0 Å². The molecule has 0 saturated heterocycles. The maximum atomic E-state index is 11.9. The zero-order valence-electron chi connectivity index (χ0n) is 11.3. The highest BCUT2D eigenvalue weighted by Gasteiger charge is 2.36. The largest absolute Gasteiger partial charge is 0.427 e. The van der Waals surface area contributed by atoms with E-state index in [2.05, 4.69) is 13.8 Å². The highest BCUT2D eigenvalue weighted by atomic mass is 16.5. The van der Waals surface area contributed by atoms with Gasteiger partial charge in [0.25, 0.3) is 0 Å². The van der Waals surface area contributed by atoms with E-state index in [0.717, 1.165) is 18.8 Å². The number of carbonyl (C=O) groups excluding carboxylic acids is 1. The lowest BCUT2D eigenvalue weighted by molar-refractivity contribution is -0.136. The Bertz CT molecular complexity index is 399. The van der Waals surface area contributed by atoms with Crippen LogP contribution >= 0.6 is 0 Å². The lowest BCUT2D eigenvalue weighted by Gasteiger charge is -2.22. The maximum absolute atomic E-state index is 11.9. The SMILES string of the molecule is CCC1CCC(C)(CC(=O)Oc2ccccc2)C1. The minimum absolute atomic E-state index is 0.0968. The van der Waals surface area contributed by atoms with Crippen molar-refractivity contribution in [1.29, 1.82) is 0 Å². The maximum Gasteiger partial charge on any atom is 0.311 e. The van der Waals surface area contributed by atoms with Crippen molar-refractivity contribution < 1.29 is 9.53 Å². The van der Waals surface area contributed by atoms with Gasteiger partial charge in [0.1, 0.15) is 5.75 Å². The van der Waals surface area contributed by atoms with Crippen LogP contribution in [0.3, 0.4) is 0 Å². The zero-order valence-corrected chi connectivity index (χ0v) is 11.3. The number of para-hydroxylation sites is 1. The van der Waals surface area contributed by atoms with Crippen LogP contribution in [0.25, 0.3) is 0 Å². The fourth-order valence-corrected chi connectivity index (χ4v) is 2.97. The summed E-state index contributed by atoms with van der Waals surface area (Å²) in [5, 5.41) is 0. The molecule has 0 N–H and O–H groups in total. The number of ether oxygens (including phenoxy) is 1. The van der Waals surface area contributed by atoms with E-state index in [1.54, 1.807) is 0 Å². The monoisotopic (exact) mass is 246 g/mol. The van der Waals surface area contributed by atoms with Gasteiger partial charge in [0, 0.05) is 0 Å². The van der Waals surface area contributed by atoms with E-state index in [1.807, 2.05) is 30.3 Å². The van der Waals surface area contributed by atoms with Crippen molar-refractivity contribution in [3.05, 3.63) is 30.3 Å². The average molecular weight is 246 g/mol. The first-order valence-electron chi connectivity index (χ1n) is 6.87. The van der Waals surface area contributed by atoms with Gasteiger partial charge < -0.3 is 4.74 Å². The minimum atomic E-state index is -0.0968. The van der Waals surface area contributed by atoms with E-state index in [9.17, 15) is 4.79 Å². The van der Waals surface area contributed by atoms with Crippen LogP contribution in [-0.4, -0.2) is 5.97 Å². The molecule has 0 amide bonds. The molecule has 0 bridgehead atoms. The Kier molecular flexibility index (Phi) is 4.05. The van der Waals surface area contributed by atoms with Gasteiger partial charge in [-0.1, -0.05) is 38.5 Å². The van der Waals surface area contributed by atoms with E-state index in [4.69, 9.17) is 4.74 Å². The molecule has 0 aromatic heterocycles. The Labute approximate surface area is 109 Å². The lowest BCUT2D eigenvalue weighted by Crippen LogP contribution is -2.21. The number of benzene rings is 1. The third kappa shape index (κ3) is 3.34. The van der Waals surface area contributed by atoms with Crippen LogP contribution in [0.5, 0.6) is 5.75 Å². The van der Waals surface area contributed by atoms with Gasteiger partial charge in [-0.05, 0) is 42.7 Å². The minimum Gasteiger partial charge on any atom is -0.427 e. The molecule has 2 heteroatoms. The number of hydrogen-bond donors (Lipinski definition) is 0. The molecule has 0 spiro atoms. The molecular formula is C16H22O2. The Morgan fingerprint density at radius 2 is 2.11 bits per heavy atom. The van der Waals surface area contributed by atoms with Gasteiger partial charge in [-0.15, -0.1) is 0 Å². The van der Waals surface area contributed by atoms with Gasteiger partial charge in [0.2, 0.25) is 0 Å². The van der Waals surface area contributed by atoms with Crippen molar-refractivity contribution >= 4 is 5.97 Å². The molecule has 2 unspecified atom stereocenters. The van der Waals surface area contributed by atoms with Crippen LogP contribution in [0.15, 0.2) is 30.3 Å². The standard InChI is InChI=1S/C16H22O2/c1-3-13-9-10-16(2,11-13)12-15(17)18-14-7-5-4-6-8-14/h4-8,13H,3,9-12H2,1-2H3. The number of rotatable bonds is 4. The molecule has 0 heterocycles. The fraction of sp³-hybridized carbons (Fsp3) is 0.562. The summed E-state index contributed by atoms with van der Waals surface area (Å²) in [4.78, 5) is 11.9. The van der Waals surface area contributed by atoms with E-state index < -0.39 is 0 Å². The van der Waals surface area contributed by atoms with Crippen molar-refractivity contribution in [2.45, 2.75) is 46.0 Å². The Hall–Kier alpha value is -1.31. The van der Waals surface area contributed by atoms with E-state index in [1.165, 1.54) is 12.8 Å². The molecule has 1 aliphatic carbocycles. The quantitative estimate of drug-likeness (QED) is 0.588. The number of carbonyl (C=O) groups is 1. The van der Waals surface area contributed by atoms with Gasteiger partial charge in [0.05, 0.1) is 6.42 Å². The molecule has 98 valence electrons. The number of hydrogen-bond acceptors (Lipinski definition) is 2. The smallest absolute Gasteiger partial charge is 0.311 e. The molecule has 1 aromatic rings. The van der Waals surface area contributed by atoms with Crippen LogP contribution in [0, 0.1) is 11.3 Å². The third-order valence-electron chi connectivity index (χ3n) is 4.06. The van der Waals surface area contributed by atoms with Gasteiger partial charge in [-0.3, -0.25) is 4.79 Å². The molecular weight excluding hydrogens is 224 g/mol. The molecule has 0 radical (unpaired) electrons. The second-order valence-corrected chi connectivity index (χ2v) is 5.79. The summed E-state index contributed by atoms with van der Waals surface area (Å²) in [6, 6.07) is 9.33. The highest BCUT2D eigenvalue weighted by molar-refractivity contribution is 5.73. The average Bonchev–Trinajstić information content (AvgIpc) is 2.71. The van der Waals surface area contributed by atoms with Crippen LogP contribution < -0.4 is 4.74 Å². The van der Waals surface area contributed by atoms with Crippen LogP contribution in [-0.2, 0) is 4.79 Å². The summed E-state index contributed by atoms with van der Waals surface area (Å²) in [5.41, 5.74) is 0.145. The first-order valence-corrected chi connectivity index (χ1v) is 6.87. The van der Waals surface area contributed by atoms with Gasteiger partial charge in [0.15, 0.2) is 0 Å². The first kappa shape index (κ1) is 13.1. The summed E-state index contributed by atoms with van der Waals surface area (Å²) >= 11 is 0. The van der Waals surface area contributed by atoms with Gasteiger partial charge in [-0.25, -0.2) is 0 Å². The molecule has 1 fully saturated rings. The van der Waals surface area contributed by atoms with Gasteiger partial charge in [-0.2, -0.15) is 0 Å². The van der Waals surface area contributed by atoms with Crippen LogP contribution in [0.4, 0.5) is 0 Å². The van der Waals surface area contributed by atoms with E-state index in [0.29, 0.717) is 12.2 Å². The molecule has 1 aromatic carbocycles. The predicted octanol–water partition coefficient (Wildman–Crippen LogP) is 4.20. The summed E-state index contributed by atoms with van der Waals surface area (Å²) in [6.45, 7) is 4.45. The highest BCUT2D eigenvalue weighted by Crippen LogP contribution is 2.45. The summed E-state index contributed by atoms with van der Waals surface area (Å²) in [7, 11) is 0. The topological polar surface area (TPSA) is 26.3 Å². The molecule has 1 aliphatic rings. The zero-order chi connectivity index (χ0) is 13.0. The number of esters is 1. The second kappa shape index (κ2) is 5.55. The van der Waals surface area contributed by atoms with Crippen molar-refractivity contribution in [3.8, 4) is 5.75 Å².